The van der Waals surface area contributed by atoms with E-state index >= 15 is 0 Å². The number of hydrogen-bond acceptors (Lipinski definition) is 5. The number of carbonyl (C=O) groups is 1. The van der Waals surface area contributed by atoms with Crippen LogP contribution in [0, 0.1) is 0 Å². The molecular weight excluding hydrogens is 416 g/mol. The lowest BCUT2D eigenvalue weighted by molar-refractivity contribution is -0.119. The molecule has 2 aromatic rings. The number of aliphatic hydroxyl groups excluding tert-OH is 1. The molecule has 6 heteroatoms. The van der Waals surface area contributed by atoms with Crippen LogP contribution in [0.15, 0.2) is 48.5 Å². The topological polar surface area (TPSA) is 62.2 Å². The second kappa shape index (κ2) is 9.64. The van der Waals surface area contributed by atoms with Gasteiger partial charge in [0.25, 0.3) is 0 Å². The van der Waals surface area contributed by atoms with Crippen molar-refractivity contribution >= 4 is 11.8 Å². The number of nitrogens with zero attached hydrogens (tertiary/aromatic N) is 2. The highest BCUT2D eigenvalue weighted by Crippen LogP contribution is 2.43. The van der Waals surface area contributed by atoms with Crippen molar-refractivity contribution in [3.8, 4) is 5.75 Å². The van der Waals surface area contributed by atoms with E-state index < -0.39 is 29.4 Å². The molecule has 0 saturated heterocycles. The van der Waals surface area contributed by atoms with Gasteiger partial charge in [-0.15, -0.1) is 0 Å². The molecule has 0 saturated carbocycles. The first-order chi connectivity index (χ1) is 15.4. The van der Waals surface area contributed by atoms with E-state index in [4.69, 9.17) is 9.47 Å². The van der Waals surface area contributed by atoms with Crippen LogP contribution in [0.1, 0.15) is 58.8 Å². The summed E-state index contributed by atoms with van der Waals surface area (Å²) in [7, 11) is 2.01. The zero-order valence-corrected chi connectivity index (χ0v) is 21.0. The highest BCUT2D eigenvalue weighted by atomic mass is 16.6. The third-order valence-electron chi connectivity index (χ3n) is 6.32. The van der Waals surface area contributed by atoms with Crippen molar-refractivity contribution in [2.24, 2.45) is 0 Å². The van der Waals surface area contributed by atoms with E-state index in [-0.39, 0.29) is 0 Å². The summed E-state index contributed by atoms with van der Waals surface area (Å²) in [6, 6.07) is 15.9. The summed E-state index contributed by atoms with van der Waals surface area (Å²) in [6.45, 7) is 13.0. The number of ether oxygens (including phenoxy) is 2. The van der Waals surface area contributed by atoms with Crippen molar-refractivity contribution in [2.75, 3.05) is 25.0 Å². The van der Waals surface area contributed by atoms with Crippen LogP contribution < -0.4 is 9.64 Å². The predicted molar refractivity (Wildman–Crippen MR) is 132 cm³/mol. The van der Waals surface area contributed by atoms with Crippen LogP contribution in [0.4, 0.5) is 10.5 Å². The molecule has 0 fully saturated rings. The Morgan fingerprint density at radius 3 is 2.42 bits per heavy atom. The van der Waals surface area contributed by atoms with Gasteiger partial charge in [0, 0.05) is 43.0 Å². The van der Waals surface area contributed by atoms with Gasteiger partial charge in [-0.1, -0.05) is 30.3 Å². The molecule has 0 aromatic heterocycles. The molecule has 2 aromatic carbocycles. The Kier molecular flexibility index (Phi) is 7.27. The molecule has 0 aliphatic carbocycles. The normalized spacial score (nSPS) is 19.3. The van der Waals surface area contributed by atoms with Crippen molar-refractivity contribution in [3.63, 3.8) is 0 Å². The van der Waals surface area contributed by atoms with E-state index in [9.17, 15) is 9.90 Å². The molecular formula is C27H38N2O4. The zero-order chi connectivity index (χ0) is 24.4. The average molecular weight is 455 g/mol. The Hall–Kier alpha value is -2.73. The van der Waals surface area contributed by atoms with Crippen LogP contribution in [-0.2, 0) is 11.2 Å². The van der Waals surface area contributed by atoms with E-state index in [1.165, 1.54) is 0 Å². The van der Waals surface area contributed by atoms with Crippen LogP contribution in [0.5, 0.6) is 5.75 Å². The summed E-state index contributed by atoms with van der Waals surface area (Å²) < 4.78 is 12.1. The van der Waals surface area contributed by atoms with Crippen LogP contribution in [0.3, 0.4) is 0 Å². The van der Waals surface area contributed by atoms with Gasteiger partial charge in [0.1, 0.15) is 17.5 Å². The Balaban J connectivity index is 1.86. The standard InChI is InChI=1S/C27H38N2O4/c1-8-28(7)20-14-15-21-22(18-20)33-27(5,6)24(30)23(21)32-25(31)29(26(2,3)4)17-16-19-12-10-9-11-13-19/h9-15,18,23-24,30H,8,16-17H2,1-7H3/t23-,24+/m0/s1. The third-order valence-corrected chi connectivity index (χ3v) is 6.32. The number of anilines is 1. The fourth-order valence-electron chi connectivity index (χ4n) is 4.03. The maximum absolute atomic E-state index is 13.4. The summed E-state index contributed by atoms with van der Waals surface area (Å²) in [5.74, 6) is 0.632. The van der Waals surface area contributed by atoms with Gasteiger partial charge < -0.3 is 24.4 Å². The highest BCUT2D eigenvalue weighted by Gasteiger charge is 2.46. The van der Waals surface area contributed by atoms with Crippen molar-refractivity contribution < 1.29 is 19.4 Å². The number of aliphatic hydroxyl groups is 1. The van der Waals surface area contributed by atoms with Gasteiger partial charge in [0.05, 0.1) is 0 Å². The van der Waals surface area contributed by atoms with Gasteiger partial charge in [0.2, 0.25) is 0 Å². The monoisotopic (exact) mass is 454 g/mol. The van der Waals surface area contributed by atoms with E-state index in [0.717, 1.165) is 24.2 Å². The van der Waals surface area contributed by atoms with Gasteiger partial charge in [-0.25, -0.2) is 4.79 Å². The fraction of sp³-hybridized carbons (Fsp3) is 0.519. The molecule has 180 valence electrons. The molecule has 33 heavy (non-hydrogen) atoms. The fourth-order valence-corrected chi connectivity index (χ4v) is 4.03. The second-order valence-electron chi connectivity index (χ2n) is 10.2. The number of rotatable bonds is 6. The lowest BCUT2D eigenvalue weighted by Crippen LogP contribution is -2.52. The van der Waals surface area contributed by atoms with Crippen LogP contribution in [-0.4, -0.2) is 53.5 Å². The smallest absolute Gasteiger partial charge is 0.410 e. The van der Waals surface area contributed by atoms with E-state index in [1.807, 2.05) is 78.1 Å². The summed E-state index contributed by atoms with van der Waals surface area (Å²) in [4.78, 5) is 17.2. The summed E-state index contributed by atoms with van der Waals surface area (Å²) >= 11 is 0. The minimum atomic E-state index is -1.00. The Labute approximate surface area is 198 Å². The van der Waals surface area contributed by atoms with E-state index in [0.29, 0.717) is 17.9 Å². The van der Waals surface area contributed by atoms with Gasteiger partial charge in [-0.05, 0) is 65.7 Å². The van der Waals surface area contributed by atoms with Crippen LogP contribution in [0.25, 0.3) is 0 Å². The largest absolute Gasteiger partial charge is 0.484 e. The van der Waals surface area contributed by atoms with Gasteiger partial charge >= 0.3 is 6.09 Å². The maximum atomic E-state index is 13.4. The highest BCUT2D eigenvalue weighted by molar-refractivity contribution is 5.69. The first-order valence-electron chi connectivity index (χ1n) is 11.7. The number of carbonyl (C=O) groups excluding carboxylic acids is 1. The van der Waals surface area contributed by atoms with Crippen LogP contribution >= 0.6 is 0 Å². The van der Waals surface area contributed by atoms with E-state index in [2.05, 4.69) is 24.0 Å². The SMILES string of the molecule is CCN(C)c1ccc2c(c1)OC(C)(C)[C@H](O)[C@H]2OC(=O)N(CCc1ccccc1)C(C)(C)C. The summed E-state index contributed by atoms with van der Waals surface area (Å²) in [5.41, 5.74) is 1.50. The first kappa shape index (κ1) is 24.9. The molecule has 0 unspecified atom stereocenters. The lowest BCUT2D eigenvalue weighted by Gasteiger charge is -2.43. The minimum absolute atomic E-state index is 0.436. The molecule has 6 nitrogen and oxygen atoms in total. The van der Waals surface area contributed by atoms with Gasteiger partial charge in [0.15, 0.2) is 6.10 Å². The quantitative estimate of drug-likeness (QED) is 0.650. The molecule has 1 aliphatic rings. The number of hydrogen-bond donors (Lipinski definition) is 1. The van der Waals surface area contributed by atoms with Crippen LogP contribution in [0.2, 0.25) is 0 Å². The van der Waals surface area contributed by atoms with Gasteiger partial charge in [-0.3, -0.25) is 0 Å². The van der Waals surface area contributed by atoms with Gasteiger partial charge in [-0.2, -0.15) is 0 Å². The molecule has 1 N–H and O–H groups in total. The number of fused-ring (bicyclic) bond motifs is 1. The second-order valence-corrected chi connectivity index (χ2v) is 10.2. The lowest BCUT2D eigenvalue weighted by atomic mass is 9.88. The molecule has 1 heterocycles. The van der Waals surface area contributed by atoms with E-state index in [1.54, 1.807) is 4.90 Å². The molecule has 0 spiro atoms. The maximum Gasteiger partial charge on any atom is 0.410 e. The first-order valence-corrected chi connectivity index (χ1v) is 11.7. The predicted octanol–water partition coefficient (Wildman–Crippen LogP) is 5.20. The van der Waals surface area contributed by atoms with Crippen molar-refractivity contribution in [1.29, 1.82) is 0 Å². The Morgan fingerprint density at radius 2 is 1.82 bits per heavy atom. The number of benzene rings is 2. The molecule has 0 bridgehead atoms. The molecule has 3 rings (SSSR count). The summed E-state index contributed by atoms with van der Waals surface area (Å²) in [6.07, 6.45) is -1.54. The number of amides is 1. The minimum Gasteiger partial charge on any atom is -0.484 e. The average Bonchev–Trinajstić information content (AvgIpc) is 2.75. The van der Waals surface area contributed by atoms with Crippen molar-refractivity contribution in [1.82, 2.24) is 4.90 Å². The van der Waals surface area contributed by atoms with Crippen molar-refractivity contribution in [3.05, 3.63) is 59.7 Å². The van der Waals surface area contributed by atoms with Crippen molar-refractivity contribution in [2.45, 2.75) is 71.3 Å². The molecule has 1 aliphatic heterocycles. The zero-order valence-electron chi connectivity index (χ0n) is 21.0. The summed E-state index contributed by atoms with van der Waals surface area (Å²) in [5, 5.41) is 11.1. The molecule has 1 amide bonds. The Bertz CT molecular complexity index is 952. The molecule has 2 atom stereocenters. The third kappa shape index (κ3) is 5.61. The molecule has 0 radical (unpaired) electrons. The Morgan fingerprint density at radius 1 is 1.15 bits per heavy atom.